The van der Waals surface area contributed by atoms with Crippen LogP contribution in [0.25, 0.3) is 0 Å². The van der Waals surface area contributed by atoms with E-state index in [0.717, 1.165) is 25.0 Å². The SMILES string of the molecule is C[C@@H](C/C=C\CCCC(=O)O)CCCCSC[C@@H](O)COc1cccc(Cl)c1. The third-order valence-corrected chi connectivity index (χ3v) is 5.68. The van der Waals surface area contributed by atoms with E-state index in [-0.39, 0.29) is 13.0 Å². The molecule has 0 radical (unpaired) electrons. The normalized spacial score (nSPS) is 13.5. The molecule has 2 atom stereocenters. The van der Waals surface area contributed by atoms with Crippen molar-refractivity contribution in [3.05, 3.63) is 41.4 Å². The Morgan fingerprint density at radius 3 is 2.86 bits per heavy atom. The van der Waals surface area contributed by atoms with E-state index in [1.165, 1.54) is 12.8 Å². The van der Waals surface area contributed by atoms with Gasteiger partial charge in [0.1, 0.15) is 12.4 Å². The van der Waals surface area contributed by atoms with Crippen LogP contribution in [0.15, 0.2) is 36.4 Å². The number of unbranched alkanes of at least 4 members (excludes halogenated alkanes) is 2. The first-order chi connectivity index (χ1) is 13.5. The molecule has 0 bridgehead atoms. The predicted octanol–water partition coefficient (Wildman–Crippen LogP) is 5.82. The van der Waals surface area contributed by atoms with Gasteiger partial charge in [-0.2, -0.15) is 11.8 Å². The largest absolute Gasteiger partial charge is 0.491 e. The Hall–Kier alpha value is -1.17. The molecule has 0 aliphatic carbocycles. The number of ether oxygens (including phenoxy) is 1. The molecular formula is C22H33ClO4S. The number of aliphatic carboxylic acids is 1. The summed E-state index contributed by atoms with van der Waals surface area (Å²) < 4.78 is 5.55. The average molecular weight is 429 g/mol. The van der Waals surface area contributed by atoms with Gasteiger partial charge in [0.15, 0.2) is 0 Å². The summed E-state index contributed by atoms with van der Waals surface area (Å²) in [6, 6.07) is 7.20. The molecular weight excluding hydrogens is 396 g/mol. The van der Waals surface area contributed by atoms with Crippen molar-refractivity contribution in [2.75, 3.05) is 18.1 Å². The zero-order valence-electron chi connectivity index (χ0n) is 16.7. The van der Waals surface area contributed by atoms with E-state index >= 15 is 0 Å². The van der Waals surface area contributed by atoms with Crippen molar-refractivity contribution in [1.29, 1.82) is 0 Å². The molecule has 1 rings (SSSR count). The fraction of sp³-hybridized carbons (Fsp3) is 0.591. The Labute approximate surface area is 178 Å². The lowest BCUT2D eigenvalue weighted by atomic mass is 10.0. The third kappa shape index (κ3) is 13.9. The molecule has 0 saturated heterocycles. The zero-order chi connectivity index (χ0) is 20.6. The number of carboxylic acids is 1. The lowest BCUT2D eigenvalue weighted by molar-refractivity contribution is -0.137. The van der Waals surface area contributed by atoms with E-state index in [1.807, 2.05) is 12.1 Å². The molecule has 0 amide bonds. The number of hydrogen-bond donors (Lipinski definition) is 2. The number of halogens is 1. The molecule has 0 aliphatic rings. The van der Waals surface area contributed by atoms with Gasteiger partial charge in [0.2, 0.25) is 0 Å². The van der Waals surface area contributed by atoms with Crippen molar-refractivity contribution in [1.82, 2.24) is 0 Å². The number of hydrogen-bond acceptors (Lipinski definition) is 4. The number of aliphatic hydroxyl groups excluding tert-OH is 1. The summed E-state index contributed by atoms with van der Waals surface area (Å²) in [5.74, 6) is 2.33. The van der Waals surface area contributed by atoms with Crippen LogP contribution in [0, 0.1) is 5.92 Å². The highest BCUT2D eigenvalue weighted by Crippen LogP contribution is 2.18. The summed E-state index contributed by atoms with van der Waals surface area (Å²) in [7, 11) is 0. The third-order valence-electron chi connectivity index (χ3n) is 4.25. The van der Waals surface area contributed by atoms with Gasteiger partial charge in [-0.15, -0.1) is 0 Å². The highest BCUT2D eigenvalue weighted by atomic mass is 35.5. The summed E-state index contributed by atoms with van der Waals surface area (Å²) in [5, 5.41) is 19.2. The van der Waals surface area contributed by atoms with Crippen molar-refractivity contribution in [3.8, 4) is 5.75 Å². The van der Waals surface area contributed by atoms with Gasteiger partial charge in [-0.1, -0.05) is 49.6 Å². The van der Waals surface area contributed by atoms with Crippen molar-refractivity contribution in [3.63, 3.8) is 0 Å². The van der Waals surface area contributed by atoms with Crippen LogP contribution >= 0.6 is 23.4 Å². The standard InChI is InChI=1S/C22H33ClO4S/c1-18(9-4-2-3-5-13-22(25)26)10-6-7-14-28-17-20(24)16-27-21-12-8-11-19(23)15-21/h2,4,8,11-12,15,18,20,24H,3,5-7,9-10,13-14,16-17H2,1H3,(H,25,26)/b4-2-/t18-,20-/m0/s1. The number of aliphatic hydroxyl groups is 1. The van der Waals surface area contributed by atoms with Gasteiger partial charge in [-0.05, 0) is 55.6 Å². The molecule has 158 valence electrons. The van der Waals surface area contributed by atoms with E-state index in [9.17, 15) is 9.90 Å². The van der Waals surface area contributed by atoms with Gasteiger partial charge in [0, 0.05) is 17.2 Å². The molecule has 0 aromatic heterocycles. The molecule has 0 fully saturated rings. The van der Waals surface area contributed by atoms with E-state index in [1.54, 1.807) is 23.9 Å². The molecule has 1 aromatic carbocycles. The molecule has 0 saturated carbocycles. The topological polar surface area (TPSA) is 66.8 Å². The Kier molecular flexibility index (Phi) is 14.0. The van der Waals surface area contributed by atoms with Crippen molar-refractivity contribution < 1.29 is 19.7 Å². The molecule has 0 heterocycles. The zero-order valence-corrected chi connectivity index (χ0v) is 18.3. The van der Waals surface area contributed by atoms with Gasteiger partial charge >= 0.3 is 5.97 Å². The van der Waals surface area contributed by atoms with Crippen LogP contribution in [0.4, 0.5) is 0 Å². The molecule has 4 nitrogen and oxygen atoms in total. The van der Waals surface area contributed by atoms with E-state index in [0.29, 0.717) is 28.9 Å². The van der Waals surface area contributed by atoms with Crippen LogP contribution in [-0.4, -0.2) is 40.4 Å². The first kappa shape index (κ1) is 24.9. The maximum atomic E-state index is 10.4. The molecule has 0 aliphatic heterocycles. The Bertz CT molecular complexity index is 579. The van der Waals surface area contributed by atoms with Crippen LogP contribution in [0.1, 0.15) is 51.9 Å². The highest BCUT2D eigenvalue weighted by molar-refractivity contribution is 7.99. The van der Waals surface area contributed by atoms with E-state index in [4.69, 9.17) is 21.4 Å². The second-order valence-electron chi connectivity index (χ2n) is 7.09. The summed E-state index contributed by atoms with van der Waals surface area (Å²) in [6.07, 6.45) is 10.2. The molecule has 0 unspecified atom stereocenters. The lowest BCUT2D eigenvalue weighted by Crippen LogP contribution is -2.20. The van der Waals surface area contributed by atoms with E-state index < -0.39 is 12.1 Å². The number of allylic oxidation sites excluding steroid dienone is 2. The first-order valence-corrected chi connectivity index (χ1v) is 11.5. The molecule has 28 heavy (non-hydrogen) atoms. The minimum Gasteiger partial charge on any atom is -0.491 e. The van der Waals surface area contributed by atoms with Crippen molar-refractivity contribution in [2.24, 2.45) is 5.92 Å². The Morgan fingerprint density at radius 1 is 1.29 bits per heavy atom. The van der Waals surface area contributed by atoms with Gasteiger partial charge in [-0.3, -0.25) is 4.79 Å². The number of carbonyl (C=O) groups is 1. The van der Waals surface area contributed by atoms with E-state index in [2.05, 4.69) is 19.1 Å². The van der Waals surface area contributed by atoms with Crippen LogP contribution in [0.5, 0.6) is 5.75 Å². The van der Waals surface area contributed by atoms with Gasteiger partial charge in [0.05, 0.1) is 6.10 Å². The number of thioether (sulfide) groups is 1. The Morgan fingerprint density at radius 2 is 2.11 bits per heavy atom. The van der Waals surface area contributed by atoms with Crippen molar-refractivity contribution in [2.45, 2.75) is 58.0 Å². The quantitative estimate of drug-likeness (QED) is 0.256. The maximum absolute atomic E-state index is 10.4. The fourth-order valence-corrected chi connectivity index (χ4v) is 3.77. The van der Waals surface area contributed by atoms with Gasteiger partial charge < -0.3 is 14.9 Å². The van der Waals surface area contributed by atoms with Crippen molar-refractivity contribution >= 4 is 29.3 Å². The van der Waals surface area contributed by atoms with Crippen LogP contribution < -0.4 is 4.74 Å². The fourth-order valence-electron chi connectivity index (χ4n) is 2.65. The second-order valence-corrected chi connectivity index (χ2v) is 8.68. The average Bonchev–Trinajstić information content (AvgIpc) is 2.65. The number of benzene rings is 1. The van der Waals surface area contributed by atoms with Crippen LogP contribution in [0.2, 0.25) is 5.02 Å². The molecule has 0 spiro atoms. The monoisotopic (exact) mass is 428 g/mol. The van der Waals surface area contributed by atoms with Crippen LogP contribution in [0.3, 0.4) is 0 Å². The second kappa shape index (κ2) is 15.7. The highest BCUT2D eigenvalue weighted by Gasteiger charge is 2.06. The summed E-state index contributed by atoms with van der Waals surface area (Å²) >= 11 is 7.67. The van der Waals surface area contributed by atoms with Gasteiger partial charge in [0.25, 0.3) is 0 Å². The van der Waals surface area contributed by atoms with Gasteiger partial charge in [-0.25, -0.2) is 0 Å². The first-order valence-electron chi connectivity index (χ1n) is 9.98. The lowest BCUT2D eigenvalue weighted by Gasteiger charge is -2.12. The number of carboxylic acid groups (broad SMARTS) is 1. The molecule has 2 N–H and O–H groups in total. The summed E-state index contributed by atoms with van der Waals surface area (Å²) in [5.41, 5.74) is 0. The smallest absolute Gasteiger partial charge is 0.303 e. The molecule has 6 heteroatoms. The molecule has 1 aromatic rings. The number of rotatable bonds is 16. The Balaban J connectivity index is 1.96. The summed E-state index contributed by atoms with van der Waals surface area (Å²) in [6.45, 7) is 2.54. The minimum atomic E-state index is -0.721. The van der Waals surface area contributed by atoms with Crippen LogP contribution in [-0.2, 0) is 4.79 Å². The maximum Gasteiger partial charge on any atom is 0.303 e. The summed E-state index contributed by atoms with van der Waals surface area (Å²) in [4.78, 5) is 10.4. The minimum absolute atomic E-state index is 0.249. The predicted molar refractivity (Wildman–Crippen MR) is 119 cm³/mol.